The van der Waals surface area contributed by atoms with Crippen molar-refractivity contribution in [3.63, 3.8) is 0 Å². The molecule has 0 unspecified atom stereocenters. The topological polar surface area (TPSA) is 12.9 Å². The molecule has 14 heavy (non-hydrogen) atoms. The molecule has 2 aromatic rings. The van der Waals surface area contributed by atoms with E-state index in [0.717, 1.165) is 16.6 Å². The van der Waals surface area contributed by atoms with E-state index in [1.807, 2.05) is 12.1 Å². The van der Waals surface area contributed by atoms with Gasteiger partial charge in [0.1, 0.15) is 0 Å². The summed E-state index contributed by atoms with van der Waals surface area (Å²) in [5, 5.41) is 2.02. The normalized spacial score (nSPS) is 10.8. The van der Waals surface area contributed by atoms with Gasteiger partial charge in [0.25, 0.3) is 0 Å². The van der Waals surface area contributed by atoms with Crippen molar-refractivity contribution in [2.75, 3.05) is 0 Å². The molecule has 0 fully saturated rings. The standard InChI is InChI=1S/C10H6Cl3N/c11-5-7-2-1-6-3-8(12)9(13)4-10(6)14-7/h1-4H,5H2. The smallest absolute Gasteiger partial charge is 0.0721 e. The summed E-state index contributed by atoms with van der Waals surface area (Å²) in [5.41, 5.74) is 1.65. The van der Waals surface area contributed by atoms with Crippen molar-refractivity contribution < 1.29 is 0 Å². The lowest BCUT2D eigenvalue weighted by molar-refractivity contribution is 1.22. The maximum atomic E-state index is 5.88. The molecule has 1 heterocycles. The molecule has 1 aromatic carbocycles. The molecule has 0 spiro atoms. The fourth-order valence-electron chi connectivity index (χ4n) is 1.23. The van der Waals surface area contributed by atoms with E-state index in [4.69, 9.17) is 34.8 Å². The summed E-state index contributed by atoms with van der Waals surface area (Å²) in [6.07, 6.45) is 0. The lowest BCUT2D eigenvalue weighted by Crippen LogP contribution is -1.86. The van der Waals surface area contributed by atoms with Gasteiger partial charge in [-0.15, -0.1) is 11.6 Å². The van der Waals surface area contributed by atoms with Crippen molar-refractivity contribution in [2.24, 2.45) is 0 Å². The molecule has 2 rings (SSSR count). The van der Waals surface area contributed by atoms with Crippen LogP contribution in [0, 0.1) is 0 Å². The Balaban J connectivity index is 2.70. The SMILES string of the molecule is ClCc1ccc2cc(Cl)c(Cl)cc2n1. The molecular weight excluding hydrogens is 240 g/mol. The molecule has 4 heteroatoms. The van der Waals surface area contributed by atoms with Crippen molar-refractivity contribution in [1.82, 2.24) is 4.98 Å². The van der Waals surface area contributed by atoms with Crippen LogP contribution in [0.4, 0.5) is 0 Å². The summed E-state index contributed by atoms with van der Waals surface area (Å²) >= 11 is 17.4. The number of hydrogen-bond acceptors (Lipinski definition) is 1. The molecule has 0 amide bonds. The maximum absolute atomic E-state index is 5.88. The van der Waals surface area contributed by atoms with Crippen LogP contribution in [-0.4, -0.2) is 4.98 Å². The van der Waals surface area contributed by atoms with E-state index < -0.39 is 0 Å². The van der Waals surface area contributed by atoms with Crippen LogP contribution in [0.2, 0.25) is 10.0 Å². The van der Waals surface area contributed by atoms with Crippen LogP contribution in [0.15, 0.2) is 24.3 Å². The van der Waals surface area contributed by atoms with E-state index in [-0.39, 0.29) is 0 Å². The fraction of sp³-hybridized carbons (Fsp3) is 0.100. The highest BCUT2D eigenvalue weighted by atomic mass is 35.5. The third kappa shape index (κ3) is 1.81. The highest BCUT2D eigenvalue weighted by Gasteiger charge is 2.02. The number of aromatic nitrogens is 1. The monoisotopic (exact) mass is 245 g/mol. The van der Waals surface area contributed by atoms with Gasteiger partial charge in [0.15, 0.2) is 0 Å². The Bertz CT molecular complexity index is 482. The van der Waals surface area contributed by atoms with Gasteiger partial charge in [0.2, 0.25) is 0 Å². The lowest BCUT2D eigenvalue weighted by Gasteiger charge is -2.01. The Hall–Kier alpha value is -0.500. The average molecular weight is 247 g/mol. The summed E-state index contributed by atoms with van der Waals surface area (Å²) in [7, 11) is 0. The second-order valence-corrected chi connectivity index (χ2v) is 3.98. The van der Waals surface area contributed by atoms with E-state index in [1.165, 1.54) is 0 Å². The molecule has 0 aliphatic rings. The minimum absolute atomic E-state index is 0.399. The molecule has 0 atom stereocenters. The Kier molecular flexibility index (Phi) is 2.82. The van der Waals surface area contributed by atoms with Crippen molar-refractivity contribution >= 4 is 45.7 Å². The first-order valence-corrected chi connectivity index (χ1v) is 5.30. The van der Waals surface area contributed by atoms with Crippen molar-refractivity contribution in [3.05, 3.63) is 40.0 Å². The zero-order chi connectivity index (χ0) is 10.1. The number of nitrogens with zero attached hydrogens (tertiary/aromatic N) is 1. The second-order valence-electron chi connectivity index (χ2n) is 2.90. The zero-order valence-corrected chi connectivity index (χ0v) is 9.37. The Morgan fingerprint density at radius 3 is 2.50 bits per heavy atom. The number of benzene rings is 1. The molecule has 1 aromatic heterocycles. The summed E-state index contributed by atoms with van der Waals surface area (Å²) in [5.74, 6) is 0.399. The highest BCUT2D eigenvalue weighted by Crippen LogP contribution is 2.27. The molecule has 1 nitrogen and oxygen atoms in total. The van der Waals surface area contributed by atoms with Crippen molar-refractivity contribution in [3.8, 4) is 0 Å². The molecule has 72 valence electrons. The van der Waals surface area contributed by atoms with E-state index in [2.05, 4.69) is 4.98 Å². The third-order valence-electron chi connectivity index (χ3n) is 1.93. The summed E-state index contributed by atoms with van der Waals surface area (Å²) in [4.78, 5) is 4.32. The van der Waals surface area contributed by atoms with Gasteiger partial charge in [0.05, 0.1) is 27.1 Å². The maximum Gasteiger partial charge on any atom is 0.0721 e. The quantitative estimate of drug-likeness (QED) is 0.684. The third-order valence-corrected chi connectivity index (χ3v) is 2.92. The number of halogens is 3. The van der Waals surface area contributed by atoms with Gasteiger partial charge in [-0.1, -0.05) is 29.3 Å². The van der Waals surface area contributed by atoms with Crippen LogP contribution < -0.4 is 0 Å². The van der Waals surface area contributed by atoms with E-state index >= 15 is 0 Å². The van der Waals surface area contributed by atoms with Crippen LogP contribution in [-0.2, 0) is 5.88 Å². The van der Waals surface area contributed by atoms with Crippen molar-refractivity contribution in [2.45, 2.75) is 5.88 Å². The Labute approximate surface area is 96.6 Å². The Morgan fingerprint density at radius 2 is 1.79 bits per heavy atom. The van der Waals surface area contributed by atoms with Gasteiger partial charge in [-0.25, -0.2) is 0 Å². The molecule has 0 aliphatic heterocycles. The Morgan fingerprint density at radius 1 is 1.07 bits per heavy atom. The van der Waals surface area contributed by atoms with E-state index in [1.54, 1.807) is 12.1 Å². The number of fused-ring (bicyclic) bond motifs is 1. The molecule has 0 aliphatic carbocycles. The van der Waals surface area contributed by atoms with E-state index in [9.17, 15) is 0 Å². The first kappa shape index (κ1) is 10.0. The molecule has 0 saturated carbocycles. The minimum atomic E-state index is 0.399. The molecule has 0 saturated heterocycles. The summed E-state index contributed by atoms with van der Waals surface area (Å²) < 4.78 is 0. The predicted molar refractivity (Wildman–Crippen MR) is 61.3 cm³/mol. The number of pyridine rings is 1. The van der Waals surface area contributed by atoms with Crippen LogP contribution in [0.25, 0.3) is 10.9 Å². The molecular formula is C10H6Cl3N. The zero-order valence-electron chi connectivity index (χ0n) is 7.10. The average Bonchev–Trinajstić information content (AvgIpc) is 2.19. The first-order chi connectivity index (χ1) is 6.70. The summed E-state index contributed by atoms with van der Waals surface area (Å²) in [6, 6.07) is 7.35. The van der Waals surface area contributed by atoms with Gasteiger partial charge in [0, 0.05) is 5.39 Å². The molecule has 0 bridgehead atoms. The summed E-state index contributed by atoms with van der Waals surface area (Å²) in [6.45, 7) is 0. The fourth-order valence-corrected chi connectivity index (χ4v) is 1.71. The lowest BCUT2D eigenvalue weighted by atomic mass is 10.2. The highest BCUT2D eigenvalue weighted by molar-refractivity contribution is 6.42. The first-order valence-electron chi connectivity index (χ1n) is 4.01. The van der Waals surface area contributed by atoms with Gasteiger partial charge in [-0.2, -0.15) is 0 Å². The number of rotatable bonds is 1. The van der Waals surface area contributed by atoms with Crippen LogP contribution >= 0.6 is 34.8 Å². The van der Waals surface area contributed by atoms with Crippen LogP contribution in [0.5, 0.6) is 0 Å². The van der Waals surface area contributed by atoms with Gasteiger partial charge < -0.3 is 0 Å². The second kappa shape index (κ2) is 3.93. The number of hydrogen-bond donors (Lipinski definition) is 0. The van der Waals surface area contributed by atoms with Gasteiger partial charge >= 0.3 is 0 Å². The predicted octanol–water partition coefficient (Wildman–Crippen LogP) is 4.28. The largest absolute Gasteiger partial charge is 0.252 e. The van der Waals surface area contributed by atoms with Crippen LogP contribution in [0.1, 0.15) is 5.69 Å². The van der Waals surface area contributed by atoms with Gasteiger partial charge in [-0.3, -0.25) is 4.98 Å². The molecule has 0 N–H and O–H groups in total. The molecule has 0 radical (unpaired) electrons. The van der Waals surface area contributed by atoms with Gasteiger partial charge in [-0.05, 0) is 18.2 Å². The minimum Gasteiger partial charge on any atom is -0.252 e. The van der Waals surface area contributed by atoms with Crippen LogP contribution in [0.3, 0.4) is 0 Å². The number of alkyl halides is 1. The van der Waals surface area contributed by atoms with E-state index in [0.29, 0.717) is 15.9 Å². The van der Waals surface area contributed by atoms with Crippen molar-refractivity contribution in [1.29, 1.82) is 0 Å².